The Labute approximate surface area is 143 Å². The van der Waals surface area contributed by atoms with Gasteiger partial charge in [0.15, 0.2) is 0 Å². The standard InChI is InChI=1S/C18H17FN4O2/c19-16-8-12(9-22-7-1-6-20-22)2-3-14(16)10-23-11-15(18(24)25)17(21-23)13-4-5-13/h1-3,6-8,11,13H,4-5,9-10H2,(H,24,25). The third-order valence-corrected chi connectivity index (χ3v) is 4.34. The molecule has 3 aromatic rings. The molecule has 1 fully saturated rings. The second kappa shape index (κ2) is 6.16. The first kappa shape index (κ1) is 15.6. The average Bonchev–Trinajstić information content (AvgIpc) is 3.13. The molecule has 0 bridgehead atoms. The zero-order chi connectivity index (χ0) is 17.4. The number of hydrogen-bond donors (Lipinski definition) is 1. The zero-order valence-corrected chi connectivity index (χ0v) is 13.5. The number of benzene rings is 1. The second-order valence-electron chi connectivity index (χ2n) is 6.33. The minimum Gasteiger partial charge on any atom is -0.478 e. The highest BCUT2D eigenvalue weighted by Crippen LogP contribution is 2.40. The van der Waals surface area contributed by atoms with Gasteiger partial charge in [-0.2, -0.15) is 10.2 Å². The van der Waals surface area contributed by atoms with Gasteiger partial charge >= 0.3 is 5.97 Å². The van der Waals surface area contributed by atoms with Crippen LogP contribution in [0.4, 0.5) is 4.39 Å². The predicted molar refractivity (Wildman–Crippen MR) is 88.0 cm³/mol. The van der Waals surface area contributed by atoms with Gasteiger partial charge in [0.1, 0.15) is 11.4 Å². The summed E-state index contributed by atoms with van der Waals surface area (Å²) in [6.45, 7) is 0.710. The SMILES string of the molecule is O=C(O)c1cn(Cc2ccc(Cn3cccn3)cc2F)nc1C1CC1. The molecule has 25 heavy (non-hydrogen) atoms. The molecule has 4 rings (SSSR count). The van der Waals surface area contributed by atoms with Crippen LogP contribution >= 0.6 is 0 Å². The molecule has 0 aliphatic heterocycles. The molecule has 2 aromatic heterocycles. The quantitative estimate of drug-likeness (QED) is 0.749. The maximum absolute atomic E-state index is 14.4. The molecule has 0 amide bonds. The molecule has 0 unspecified atom stereocenters. The number of hydrogen-bond acceptors (Lipinski definition) is 3. The highest BCUT2D eigenvalue weighted by Gasteiger charge is 2.31. The van der Waals surface area contributed by atoms with Crippen LogP contribution in [0.3, 0.4) is 0 Å². The Balaban J connectivity index is 1.54. The van der Waals surface area contributed by atoms with Crippen molar-refractivity contribution in [3.05, 3.63) is 71.1 Å². The summed E-state index contributed by atoms with van der Waals surface area (Å²) in [4.78, 5) is 11.3. The Hall–Kier alpha value is -2.96. The third-order valence-electron chi connectivity index (χ3n) is 4.34. The van der Waals surface area contributed by atoms with E-state index < -0.39 is 5.97 Å². The number of rotatable bonds is 6. The van der Waals surface area contributed by atoms with Crippen LogP contribution in [0.5, 0.6) is 0 Å². The van der Waals surface area contributed by atoms with Crippen LogP contribution in [0.1, 0.15) is 45.9 Å². The van der Waals surface area contributed by atoms with Gasteiger partial charge in [0.05, 0.1) is 18.8 Å². The Morgan fingerprint density at radius 1 is 1.28 bits per heavy atom. The summed E-state index contributed by atoms with van der Waals surface area (Å²) in [7, 11) is 0. The molecule has 0 atom stereocenters. The molecule has 0 radical (unpaired) electrons. The summed E-state index contributed by atoms with van der Waals surface area (Å²) in [5, 5.41) is 17.8. The van der Waals surface area contributed by atoms with Crippen LogP contribution in [0.15, 0.2) is 42.9 Å². The van der Waals surface area contributed by atoms with Gasteiger partial charge in [0, 0.05) is 30.1 Å². The summed E-state index contributed by atoms with van der Waals surface area (Å²) in [5.41, 5.74) is 2.13. The first-order valence-electron chi connectivity index (χ1n) is 8.15. The third kappa shape index (κ3) is 3.31. The van der Waals surface area contributed by atoms with E-state index >= 15 is 0 Å². The van der Waals surface area contributed by atoms with Crippen molar-refractivity contribution in [3.8, 4) is 0 Å². The van der Waals surface area contributed by atoms with Gasteiger partial charge in [0.2, 0.25) is 0 Å². The van der Waals surface area contributed by atoms with E-state index in [2.05, 4.69) is 10.2 Å². The molecule has 1 aliphatic carbocycles. The van der Waals surface area contributed by atoms with Crippen LogP contribution in [-0.2, 0) is 13.1 Å². The lowest BCUT2D eigenvalue weighted by atomic mass is 10.1. The summed E-state index contributed by atoms with van der Waals surface area (Å²) >= 11 is 0. The van der Waals surface area contributed by atoms with E-state index in [9.17, 15) is 14.3 Å². The Kier molecular flexibility index (Phi) is 3.83. The molecule has 0 saturated heterocycles. The molecule has 1 aromatic carbocycles. The van der Waals surface area contributed by atoms with Crippen molar-refractivity contribution in [1.29, 1.82) is 0 Å². The van der Waals surface area contributed by atoms with Gasteiger partial charge in [-0.3, -0.25) is 9.36 Å². The van der Waals surface area contributed by atoms with Gasteiger partial charge < -0.3 is 5.11 Å². The van der Waals surface area contributed by atoms with Crippen LogP contribution in [0, 0.1) is 5.82 Å². The first-order valence-corrected chi connectivity index (χ1v) is 8.15. The normalized spacial score (nSPS) is 14.0. The lowest BCUT2D eigenvalue weighted by Gasteiger charge is -2.07. The largest absolute Gasteiger partial charge is 0.478 e. The fourth-order valence-corrected chi connectivity index (χ4v) is 2.91. The number of carboxylic acids is 1. The Morgan fingerprint density at radius 3 is 2.76 bits per heavy atom. The van der Waals surface area contributed by atoms with Gasteiger partial charge in [0.25, 0.3) is 0 Å². The highest BCUT2D eigenvalue weighted by atomic mass is 19.1. The number of aromatic nitrogens is 4. The topological polar surface area (TPSA) is 72.9 Å². The molecule has 2 heterocycles. The monoisotopic (exact) mass is 340 g/mol. The minimum absolute atomic E-state index is 0.209. The number of nitrogens with zero attached hydrogens (tertiary/aromatic N) is 4. The summed E-state index contributed by atoms with van der Waals surface area (Å²) in [6, 6.07) is 6.87. The van der Waals surface area contributed by atoms with Crippen molar-refractivity contribution in [2.75, 3.05) is 0 Å². The van der Waals surface area contributed by atoms with Crippen LogP contribution < -0.4 is 0 Å². The van der Waals surface area contributed by atoms with Gasteiger partial charge in [-0.15, -0.1) is 0 Å². The van der Waals surface area contributed by atoms with Gasteiger partial charge in [-0.1, -0.05) is 12.1 Å². The number of halogens is 1. The van der Waals surface area contributed by atoms with E-state index in [0.717, 1.165) is 18.4 Å². The molecule has 6 nitrogen and oxygen atoms in total. The van der Waals surface area contributed by atoms with Gasteiger partial charge in [-0.25, -0.2) is 9.18 Å². The summed E-state index contributed by atoms with van der Waals surface area (Å²) in [5.74, 6) is -1.08. The Bertz CT molecular complexity index is 913. The molecule has 7 heteroatoms. The highest BCUT2D eigenvalue weighted by molar-refractivity contribution is 5.89. The van der Waals surface area contributed by atoms with Crippen LogP contribution in [-0.4, -0.2) is 30.6 Å². The van der Waals surface area contributed by atoms with Crippen LogP contribution in [0.25, 0.3) is 0 Å². The minimum atomic E-state index is -0.983. The lowest BCUT2D eigenvalue weighted by molar-refractivity contribution is 0.0695. The summed E-state index contributed by atoms with van der Waals surface area (Å²) in [6.07, 6.45) is 6.93. The van der Waals surface area contributed by atoms with E-state index in [0.29, 0.717) is 17.8 Å². The smallest absolute Gasteiger partial charge is 0.339 e. The van der Waals surface area contributed by atoms with E-state index in [1.807, 2.05) is 18.3 Å². The lowest BCUT2D eigenvalue weighted by Crippen LogP contribution is -2.05. The average molecular weight is 340 g/mol. The maximum Gasteiger partial charge on any atom is 0.339 e. The first-order chi connectivity index (χ1) is 12.1. The van der Waals surface area contributed by atoms with E-state index in [1.54, 1.807) is 16.9 Å². The number of carbonyl (C=O) groups is 1. The fraction of sp³-hybridized carbons (Fsp3) is 0.278. The van der Waals surface area contributed by atoms with Crippen LogP contribution in [0.2, 0.25) is 0 Å². The predicted octanol–water partition coefficient (Wildman–Crippen LogP) is 2.89. The van der Waals surface area contributed by atoms with Crippen molar-refractivity contribution in [1.82, 2.24) is 19.6 Å². The van der Waals surface area contributed by atoms with Crippen molar-refractivity contribution >= 4 is 5.97 Å². The number of carboxylic acid groups (broad SMARTS) is 1. The molecule has 1 aliphatic rings. The second-order valence-corrected chi connectivity index (χ2v) is 6.33. The van der Waals surface area contributed by atoms with Gasteiger partial charge in [-0.05, 0) is 30.5 Å². The zero-order valence-electron chi connectivity index (χ0n) is 13.5. The maximum atomic E-state index is 14.4. The number of aromatic carboxylic acids is 1. The molecular weight excluding hydrogens is 323 g/mol. The van der Waals surface area contributed by atoms with E-state index in [4.69, 9.17) is 0 Å². The molecular formula is C18H17FN4O2. The molecule has 1 N–H and O–H groups in total. The van der Waals surface area contributed by atoms with Crippen molar-refractivity contribution in [3.63, 3.8) is 0 Å². The molecule has 128 valence electrons. The van der Waals surface area contributed by atoms with E-state index in [-0.39, 0.29) is 23.8 Å². The molecule has 0 spiro atoms. The molecule has 1 saturated carbocycles. The fourth-order valence-electron chi connectivity index (χ4n) is 2.91. The van der Waals surface area contributed by atoms with Crippen molar-refractivity contribution in [2.45, 2.75) is 31.8 Å². The van der Waals surface area contributed by atoms with Crippen molar-refractivity contribution in [2.24, 2.45) is 0 Å². The Morgan fingerprint density at radius 2 is 2.12 bits per heavy atom. The summed E-state index contributed by atoms with van der Waals surface area (Å²) < 4.78 is 17.7. The van der Waals surface area contributed by atoms with E-state index in [1.165, 1.54) is 16.9 Å². The van der Waals surface area contributed by atoms with Crippen molar-refractivity contribution < 1.29 is 14.3 Å².